The summed E-state index contributed by atoms with van der Waals surface area (Å²) in [5.41, 5.74) is 7.86. The molecule has 120 valence electrons. The molecule has 0 saturated heterocycles. The van der Waals surface area contributed by atoms with Gasteiger partial charge in [0.2, 0.25) is 0 Å². The van der Waals surface area contributed by atoms with Crippen molar-refractivity contribution in [3.8, 4) is 0 Å². The number of benzene rings is 1. The molecule has 4 nitrogen and oxygen atoms in total. The van der Waals surface area contributed by atoms with Crippen LogP contribution in [0.2, 0.25) is 0 Å². The Labute approximate surface area is 140 Å². The molecular formula is C18H20N2O2S. The fraction of sp³-hybridized carbons (Fsp3) is 0.278. The third kappa shape index (κ3) is 2.97. The molecular weight excluding hydrogens is 308 g/mol. The van der Waals surface area contributed by atoms with Gasteiger partial charge in [0, 0.05) is 5.56 Å². The van der Waals surface area contributed by atoms with E-state index in [9.17, 15) is 4.79 Å². The molecule has 1 N–H and O–H groups in total. The maximum Gasteiger partial charge on any atom is 0.334 e. The number of hydrogen-bond donors (Lipinski definition) is 1. The van der Waals surface area contributed by atoms with E-state index < -0.39 is 6.04 Å². The second-order valence-electron chi connectivity index (χ2n) is 5.49. The van der Waals surface area contributed by atoms with Crippen LogP contribution >= 0.6 is 11.3 Å². The molecule has 2 aromatic rings. The molecule has 1 aliphatic rings. The number of rotatable bonds is 4. The van der Waals surface area contributed by atoms with Crippen molar-refractivity contribution in [3.63, 3.8) is 0 Å². The van der Waals surface area contributed by atoms with Gasteiger partial charge in [0.1, 0.15) is 5.00 Å². The Balaban J connectivity index is 1.98. The van der Waals surface area contributed by atoms with Crippen molar-refractivity contribution in [2.24, 2.45) is 0 Å². The van der Waals surface area contributed by atoms with Crippen molar-refractivity contribution in [2.75, 3.05) is 17.0 Å². The number of anilines is 2. The minimum absolute atomic E-state index is 0.249. The Bertz CT molecular complexity index is 751. The van der Waals surface area contributed by atoms with Gasteiger partial charge in [-0.1, -0.05) is 24.3 Å². The van der Waals surface area contributed by atoms with Crippen LogP contribution in [0.4, 0.5) is 10.7 Å². The van der Waals surface area contributed by atoms with E-state index in [1.54, 1.807) is 11.3 Å². The number of nitrogens with zero attached hydrogens (tertiary/aromatic N) is 1. The lowest BCUT2D eigenvalue weighted by Crippen LogP contribution is -2.46. The quantitative estimate of drug-likeness (QED) is 0.856. The van der Waals surface area contributed by atoms with Crippen LogP contribution in [0.3, 0.4) is 0 Å². The third-order valence-corrected chi connectivity index (χ3v) is 4.97. The molecule has 1 aliphatic heterocycles. The minimum atomic E-state index is -0.472. The van der Waals surface area contributed by atoms with E-state index in [-0.39, 0.29) is 5.97 Å². The lowest BCUT2D eigenvalue weighted by atomic mass is 10.1. The van der Waals surface area contributed by atoms with Gasteiger partial charge >= 0.3 is 5.97 Å². The van der Waals surface area contributed by atoms with Crippen LogP contribution in [-0.4, -0.2) is 18.6 Å². The summed E-state index contributed by atoms with van der Waals surface area (Å²) in [6.45, 7) is 6.32. The maximum absolute atomic E-state index is 12.3. The summed E-state index contributed by atoms with van der Waals surface area (Å²) in [5.74, 6) is -0.249. The Morgan fingerprint density at radius 3 is 2.83 bits per heavy atom. The maximum atomic E-state index is 12.3. The standard InChI is InChI=1S/C18H20N2O2S/c1-4-22-18(21)16-10-9-14-13(3)11-23-17(14)20(16)19-15-8-6-5-7-12(15)2/h5-11,16,19H,4H2,1-3H3. The number of carbonyl (C=O) groups is 1. The van der Waals surface area contributed by atoms with Crippen molar-refractivity contribution in [3.05, 3.63) is 52.4 Å². The van der Waals surface area contributed by atoms with E-state index in [1.807, 2.05) is 55.3 Å². The van der Waals surface area contributed by atoms with Crippen LogP contribution in [0.15, 0.2) is 35.7 Å². The highest BCUT2D eigenvalue weighted by atomic mass is 32.1. The highest BCUT2D eigenvalue weighted by Gasteiger charge is 2.31. The molecule has 0 aliphatic carbocycles. The third-order valence-electron chi connectivity index (χ3n) is 3.86. The summed E-state index contributed by atoms with van der Waals surface area (Å²) in [7, 11) is 0. The second kappa shape index (κ2) is 6.46. The molecule has 1 atom stereocenters. The van der Waals surface area contributed by atoms with Gasteiger partial charge in [0.25, 0.3) is 0 Å². The largest absolute Gasteiger partial charge is 0.464 e. The average molecular weight is 328 g/mol. The summed E-state index contributed by atoms with van der Waals surface area (Å²) in [4.78, 5) is 12.3. The van der Waals surface area contributed by atoms with Gasteiger partial charge in [0.15, 0.2) is 6.04 Å². The van der Waals surface area contributed by atoms with E-state index in [0.717, 1.165) is 21.8 Å². The van der Waals surface area contributed by atoms with E-state index in [1.165, 1.54) is 5.56 Å². The van der Waals surface area contributed by atoms with E-state index in [2.05, 4.69) is 17.7 Å². The smallest absolute Gasteiger partial charge is 0.334 e. The molecule has 0 amide bonds. The molecule has 0 spiro atoms. The van der Waals surface area contributed by atoms with Crippen molar-refractivity contribution in [1.82, 2.24) is 0 Å². The number of carbonyl (C=O) groups excluding carboxylic acids is 1. The lowest BCUT2D eigenvalue weighted by molar-refractivity contribution is -0.143. The van der Waals surface area contributed by atoms with E-state index >= 15 is 0 Å². The molecule has 0 saturated carbocycles. The van der Waals surface area contributed by atoms with Crippen LogP contribution in [-0.2, 0) is 9.53 Å². The number of hydrogen-bond acceptors (Lipinski definition) is 5. The average Bonchev–Trinajstić information content (AvgIpc) is 2.92. The summed E-state index contributed by atoms with van der Waals surface area (Å²) < 4.78 is 5.23. The number of hydrazine groups is 1. The van der Waals surface area contributed by atoms with E-state index in [0.29, 0.717) is 6.61 Å². The van der Waals surface area contributed by atoms with Crippen LogP contribution in [0.1, 0.15) is 23.6 Å². The first-order valence-corrected chi connectivity index (χ1v) is 8.54. The van der Waals surface area contributed by atoms with Crippen molar-refractivity contribution < 1.29 is 9.53 Å². The first kappa shape index (κ1) is 15.6. The normalized spacial score (nSPS) is 16.1. The zero-order chi connectivity index (χ0) is 16.4. The Hall–Kier alpha value is -2.27. The van der Waals surface area contributed by atoms with Gasteiger partial charge in [-0.25, -0.2) is 4.79 Å². The fourth-order valence-corrected chi connectivity index (χ4v) is 3.63. The Kier molecular flexibility index (Phi) is 4.39. The van der Waals surface area contributed by atoms with Crippen LogP contribution in [0.5, 0.6) is 0 Å². The van der Waals surface area contributed by atoms with Crippen LogP contribution in [0.25, 0.3) is 6.08 Å². The van der Waals surface area contributed by atoms with E-state index in [4.69, 9.17) is 4.74 Å². The summed E-state index contributed by atoms with van der Waals surface area (Å²) >= 11 is 1.63. The molecule has 23 heavy (non-hydrogen) atoms. The molecule has 0 radical (unpaired) electrons. The first-order valence-electron chi connectivity index (χ1n) is 7.66. The van der Waals surface area contributed by atoms with Crippen molar-refractivity contribution >= 4 is 34.1 Å². The minimum Gasteiger partial charge on any atom is -0.464 e. The van der Waals surface area contributed by atoms with Gasteiger partial charge in [0.05, 0.1) is 12.3 Å². The number of para-hydroxylation sites is 1. The molecule has 0 bridgehead atoms. The molecule has 1 aromatic heterocycles. The van der Waals surface area contributed by atoms with Crippen molar-refractivity contribution in [1.29, 1.82) is 0 Å². The molecule has 1 aromatic carbocycles. The number of nitrogens with one attached hydrogen (secondary N) is 1. The lowest BCUT2D eigenvalue weighted by Gasteiger charge is -2.33. The van der Waals surface area contributed by atoms with Crippen LogP contribution < -0.4 is 10.4 Å². The van der Waals surface area contributed by atoms with Gasteiger partial charge in [-0.3, -0.25) is 10.4 Å². The molecule has 1 unspecified atom stereocenters. The number of fused-ring (bicyclic) bond motifs is 1. The van der Waals surface area contributed by atoms with Gasteiger partial charge < -0.3 is 4.74 Å². The molecule has 0 fully saturated rings. The predicted octanol–water partition coefficient (Wildman–Crippen LogP) is 4.16. The number of ether oxygens (including phenoxy) is 1. The topological polar surface area (TPSA) is 41.6 Å². The van der Waals surface area contributed by atoms with Crippen LogP contribution in [0, 0.1) is 13.8 Å². The molecule has 3 rings (SSSR count). The zero-order valence-electron chi connectivity index (χ0n) is 13.5. The first-order chi connectivity index (χ1) is 11.1. The predicted molar refractivity (Wildman–Crippen MR) is 95.8 cm³/mol. The van der Waals surface area contributed by atoms with Crippen molar-refractivity contribution in [2.45, 2.75) is 26.8 Å². The van der Waals surface area contributed by atoms with Gasteiger partial charge in [-0.2, -0.15) is 0 Å². The number of aryl methyl sites for hydroxylation is 2. The summed E-state index contributed by atoms with van der Waals surface area (Å²) in [6, 6.07) is 7.56. The summed E-state index contributed by atoms with van der Waals surface area (Å²) in [6.07, 6.45) is 3.91. The number of esters is 1. The monoisotopic (exact) mass is 328 g/mol. The highest BCUT2D eigenvalue weighted by molar-refractivity contribution is 7.14. The fourth-order valence-electron chi connectivity index (χ4n) is 2.59. The summed E-state index contributed by atoms with van der Waals surface area (Å²) in [5, 5.41) is 5.05. The number of thiophene rings is 1. The Morgan fingerprint density at radius 2 is 2.09 bits per heavy atom. The zero-order valence-corrected chi connectivity index (χ0v) is 14.3. The van der Waals surface area contributed by atoms with Gasteiger partial charge in [-0.15, -0.1) is 11.3 Å². The highest BCUT2D eigenvalue weighted by Crippen LogP contribution is 2.37. The SMILES string of the molecule is CCOC(=O)C1C=Cc2c(C)csc2N1Nc1ccccc1C. The van der Waals surface area contributed by atoms with Gasteiger partial charge in [-0.05, 0) is 49.4 Å². The second-order valence-corrected chi connectivity index (χ2v) is 6.35. The molecule has 2 heterocycles. The molecule has 5 heteroatoms. The Morgan fingerprint density at radius 1 is 1.30 bits per heavy atom.